The Morgan fingerprint density at radius 1 is 1.30 bits per heavy atom. The normalized spacial score (nSPS) is 20.1. The van der Waals surface area contributed by atoms with Crippen LogP contribution in [0.25, 0.3) is 0 Å². The highest BCUT2D eigenvalue weighted by molar-refractivity contribution is 6.42. The summed E-state index contributed by atoms with van der Waals surface area (Å²) in [6.45, 7) is 6.00. The second kappa shape index (κ2) is 8.41. The Morgan fingerprint density at radius 2 is 2.04 bits per heavy atom. The van der Waals surface area contributed by atoms with Gasteiger partial charge in [0.2, 0.25) is 0 Å². The molecule has 3 N–H and O–H groups in total. The zero-order valence-corrected chi connectivity index (χ0v) is 14.8. The first kappa shape index (κ1) is 17.9. The Bertz CT molecular complexity index is 591. The van der Waals surface area contributed by atoms with Gasteiger partial charge in [-0.15, -0.1) is 0 Å². The molecule has 2 rings (SSSR count). The van der Waals surface area contributed by atoms with Gasteiger partial charge in [0.25, 0.3) is 5.91 Å². The third-order valence-electron chi connectivity index (χ3n) is 3.62. The maximum Gasteiger partial charge on any atom is 0.251 e. The number of hydrogen-bond acceptors (Lipinski definition) is 2. The van der Waals surface area contributed by atoms with Gasteiger partial charge in [0.15, 0.2) is 5.96 Å². The van der Waals surface area contributed by atoms with Crippen molar-refractivity contribution in [3.8, 4) is 0 Å². The number of nitrogens with one attached hydrogen (secondary N) is 3. The molecule has 23 heavy (non-hydrogen) atoms. The van der Waals surface area contributed by atoms with Crippen LogP contribution in [-0.2, 0) is 0 Å². The summed E-state index contributed by atoms with van der Waals surface area (Å²) < 4.78 is 0. The molecule has 2 atom stereocenters. The van der Waals surface area contributed by atoms with Crippen molar-refractivity contribution >= 4 is 35.1 Å². The van der Waals surface area contributed by atoms with E-state index in [2.05, 4.69) is 27.9 Å². The molecule has 1 amide bonds. The van der Waals surface area contributed by atoms with Crippen LogP contribution in [-0.4, -0.2) is 37.5 Å². The monoisotopic (exact) mass is 356 g/mol. The Morgan fingerprint density at radius 3 is 2.65 bits per heavy atom. The number of benzene rings is 1. The van der Waals surface area contributed by atoms with E-state index in [4.69, 9.17) is 23.2 Å². The van der Waals surface area contributed by atoms with Crippen LogP contribution in [0.2, 0.25) is 10.0 Å². The van der Waals surface area contributed by atoms with Crippen LogP contribution >= 0.6 is 23.2 Å². The fourth-order valence-electron chi connectivity index (χ4n) is 2.10. The minimum Gasteiger partial charge on any atom is -0.357 e. The zero-order valence-electron chi connectivity index (χ0n) is 13.3. The predicted octanol–water partition coefficient (Wildman–Crippen LogP) is 2.69. The molecule has 0 aromatic heterocycles. The van der Waals surface area contributed by atoms with Gasteiger partial charge in [-0.05, 0) is 37.5 Å². The Balaban J connectivity index is 1.79. The highest BCUT2D eigenvalue weighted by Gasteiger charge is 2.33. The molecule has 1 aromatic carbocycles. The van der Waals surface area contributed by atoms with E-state index in [1.165, 1.54) is 6.42 Å². The van der Waals surface area contributed by atoms with E-state index < -0.39 is 0 Å². The molecule has 2 unspecified atom stereocenters. The molecule has 1 saturated carbocycles. The average molecular weight is 357 g/mol. The number of carbonyl (C=O) groups is 1. The van der Waals surface area contributed by atoms with Gasteiger partial charge in [0, 0.05) is 24.7 Å². The van der Waals surface area contributed by atoms with Crippen LogP contribution in [0.5, 0.6) is 0 Å². The van der Waals surface area contributed by atoms with Crippen LogP contribution in [0.3, 0.4) is 0 Å². The van der Waals surface area contributed by atoms with E-state index in [0.29, 0.717) is 40.7 Å². The number of rotatable bonds is 6. The summed E-state index contributed by atoms with van der Waals surface area (Å²) in [5.74, 6) is 1.31. The molecular formula is C16H22Cl2N4O. The van der Waals surface area contributed by atoms with E-state index in [1.807, 2.05) is 6.92 Å². The fraction of sp³-hybridized carbons (Fsp3) is 0.500. The van der Waals surface area contributed by atoms with E-state index in [-0.39, 0.29) is 5.91 Å². The van der Waals surface area contributed by atoms with Gasteiger partial charge >= 0.3 is 0 Å². The third kappa shape index (κ3) is 5.59. The molecule has 0 heterocycles. The number of nitrogens with zero attached hydrogens (tertiary/aromatic N) is 1. The highest BCUT2D eigenvalue weighted by Crippen LogP contribution is 2.28. The molecule has 1 aliphatic carbocycles. The minimum atomic E-state index is -0.187. The summed E-state index contributed by atoms with van der Waals surface area (Å²) in [7, 11) is 0. The lowest BCUT2D eigenvalue weighted by Crippen LogP contribution is -2.39. The van der Waals surface area contributed by atoms with Gasteiger partial charge in [-0.2, -0.15) is 0 Å². The lowest BCUT2D eigenvalue weighted by molar-refractivity contribution is 0.0955. The van der Waals surface area contributed by atoms with Crippen LogP contribution in [0.1, 0.15) is 30.6 Å². The Labute approximate surface area is 146 Å². The maximum absolute atomic E-state index is 12.0. The van der Waals surface area contributed by atoms with Crippen molar-refractivity contribution in [3.63, 3.8) is 0 Å². The van der Waals surface area contributed by atoms with E-state index in [1.54, 1.807) is 18.2 Å². The average Bonchev–Trinajstić information content (AvgIpc) is 3.21. The quantitative estimate of drug-likeness (QED) is 0.417. The van der Waals surface area contributed by atoms with E-state index >= 15 is 0 Å². The van der Waals surface area contributed by atoms with Gasteiger partial charge in [0.05, 0.1) is 16.6 Å². The van der Waals surface area contributed by atoms with Crippen molar-refractivity contribution in [2.75, 3.05) is 19.6 Å². The lowest BCUT2D eigenvalue weighted by atomic mass is 10.2. The lowest BCUT2D eigenvalue weighted by Gasteiger charge is -2.11. The standard InChI is InChI=1S/C16H22Cl2N4O/c1-3-19-16(22-14-8-10(14)2)21-7-6-20-15(23)11-4-5-12(17)13(18)9-11/h4-5,9-10,14H,3,6-8H2,1-2H3,(H,20,23)(H2,19,21,22). The molecule has 126 valence electrons. The number of guanidine groups is 1. The minimum absolute atomic E-state index is 0.187. The number of aliphatic imine (C=N–C) groups is 1. The second-order valence-electron chi connectivity index (χ2n) is 5.61. The molecule has 1 fully saturated rings. The van der Waals surface area contributed by atoms with Crippen molar-refractivity contribution < 1.29 is 4.79 Å². The van der Waals surface area contributed by atoms with Crippen LogP contribution in [0.4, 0.5) is 0 Å². The molecule has 0 aliphatic heterocycles. The van der Waals surface area contributed by atoms with Gasteiger partial charge < -0.3 is 16.0 Å². The van der Waals surface area contributed by atoms with Crippen molar-refractivity contribution in [1.82, 2.24) is 16.0 Å². The van der Waals surface area contributed by atoms with Gasteiger partial charge in [-0.25, -0.2) is 0 Å². The summed E-state index contributed by atoms with van der Waals surface area (Å²) in [5, 5.41) is 10.2. The molecule has 0 radical (unpaired) electrons. The SMILES string of the molecule is CCNC(=NCCNC(=O)c1ccc(Cl)c(Cl)c1)NC1CC1C. The predicted molar refractivity (Wildman–Crippen MR) is 95.5 cm³/mol. The second-order valence-corrected chi connectivity index (χ2v) is 6.42. The van der Waals surface area contributed by atoms with Crippen molar-refractivity contribution in [2.24, 2.45) is 10.9 Å². The smallest absolute Gasteiger partial charge is 0.251 e. The first-order valence-electron chi connectivity index (χ1n) is 7.79. The summed E-state index contributed by atoms with van der Waals surface area (Å²) in [6, 6.07) is 5.33. The van der Waals surface area contributed by atoms with Crippen LogP contribution in [0, 0.1) is 5.92 Å². The fourth-order valence-corrected chi connectivity index (χ4v) is 2.39. The molecule has 0 spiro atoms. The Hall–Kier alpha value is -1.46. The van der Waals surface area contributed by atoms with Crippen LogP contribution < -0.4 is 16.0 Å². The molecule has 7 heteroatoms. The van der Waals surface area contributed by atoms with Gasteiger partial charge in [-0.1, -0.05) is 30.1 Å². The first-order valence-corrected chi connectivity index (χ1v) is 8.55. The molecule has 1 aromatic rings. The molecule has 0 bridgehead atoms. The first-order chi connectivity index (χ1) is 11.0. The summed E-state index contributed by atoms with van der Waals surface area (Å²) in [5.41, 5.74) is 0.486. The Kier molecular flexibility index (Phi) is 6.54. The topological polar surface area (TPSA) is 65.5 Å². The highest BCUT2D eigenvalue weighted by atomic mass is 35.5. The number of hydrogen-bond donors (Lipinski definition) is 3. The molecule has 5 nitrogen and oxygen atoms in total. The van der Waals surface area contributed by atoms with E-state index in [0.717, 1.165) is 12.5 Å². The number of carbonyl (C=O) groups excluding carboxylic acids is 1. The maximum atomic E-state index is 12.0. The molecule has 0 saturated heterocycles. The van der Waals surface area contributed by atoms with Gasteiger partial charge in [0.1, 0.15) is 0 Å². The summed E-state index contributed by atoms with van der Waals surface area (Å²) in [6.07, 6.45) is 1.18. The van der Waals surface area contributed by atoms with E-state index in [9.17, 15) is 4.79 Å². The largest absolute Gasteiger partial charge is 0.357 e. The van der Waals surface area contributed by atoms with Crippen molar-refractivity contribution in [3.05, 3.63) is 33.8 Å². The van der Waals surface area contributed by atoms with Crippen LogP contribution in [0.15, 0.2) is 23.2 Å². The van der Waals surface area contributed by atoms with Gasteiger partial charge in [-0.3, -0.25) is 9.79 Å². The van der Waals surface area contributed by atoms with Crippen molar-refractivity contribution in [1.29, 1.82) is 0 Å². The van der Waals surface area contributed by atoms with Crippen molar-refractivity contribution in [2.45, 2.75) is 26.3 Å². The zero-order chi connectivity index (χ0) is 16.8. The third-order valence-corrected chi connectivity index (χ3v) is 4.36. The molecule has 1 aliphatic rings. The summed E-state index contributed by atoms with van der Waals surface area (Å²) >= 11 is 11.7. The molecular weight excluding hydrogens is 335 g/mol. The summed E-state index contributed by atoms with van der Waals surface area (Å²) in [4.78, 5) is 16.5. The number of amides is 1. The number of halogens is 2.